The Morgan fingerprint density at radius 3 is 1.19 bits per heavy atom. The molecule has 372 valence electrons. The number of piperidine rings is 3. The Labute approximate surface area is 396 Å². The summed E-state index contributed by atoms with van der Waals surface area (Å²) in [4.78, 5) is 13.6. The average molecular weight is 883 g/mol. The fourth-order valence-electron chi connectivity index (χ4n) is 12.8. The molecule has 1 saturated carbocycles. The summed E-state index contributed by atoms with van der Waals surface area (Å²) in [5, 5.41) is 0. The molecule has 0 bridgehead atoms. The number of likely N-dealkylation sites (tertiary alicyclic amines) is 5. The summed E-state index contributed by atoms with van der Waals surface area (Å²) in [5.74, 6) is 6.67. The van der Waals surface area contributed by atoms with Gasteiger partial charge in [0.1, 0.15) is 0 Å². The Kier molecular flexibility index (Phi) is 20.6. The number of hydrogen-bond donors (Lipinski definition) is 0. The van der Waals surface area contributed by atoms with E-state index in [0.717, 1.165) is 41.4 Å². The highest BCUT2D eigenvalue weighted by molar-refractivity contribution is 4.97. The Bertz CT molecular complexity index is 1230. The molecule has 2 unspecified atom stereocenters. The zero-order valence-corrected chi connectivity index (χ0v) is 46.4. The molecule has 5 nitrogen and oxygen atoms in total. The molecule has 6 fully saturated rings. The fraction of sp³-hybridized carbons (Fsp3) is 1.00. The van der Waals surface area contributed by atoms with Crippen LogP contribution in [0.5, 0.6) is 0 Å². The molecular formula is C58H115N5. The highest BCUT2D eigenvalue weighted by atomic mass is 15.3. The second-order valence-corrected chi connectivity index (χ2v) is 29.5. The maximum absolute atomic E-state index is 2.80. The van der Waals surface area contributed by atoms with E-state index in [0.29, 0.717) is 32.7 Å². The van der Waals surface area contributed by atoms with Crippen molar-refractivity contribution in [2.24, 2.45) is 63.1 Å². The summed E-state index contributed by atoms with van der Waals surface area (Å²) in [6, 6.07) is 0. The van der Waals surface area contributed by atoms with Crippen molar-refractivity contribution in [1.82, 2.24) is 24.5 Å². The van der Waals surface area contributed by atoms with Crippen molar-refractivity contribution in [3.05, 3.63) is 0 Å². The number of unbranched alkanes of at least 4 members (excludes halogenated alkanes) is 1. The van der Waals surface area contributed by atoms with Crippen LogP contribution in [0.25, 0.3) is 0 Å². The molecule has 5 heterocycles. The first-order chi connectivity index (χ1) is 28.9. The zero-order chi connectivity index (χ0) is 47.0. The standard InChI is InChI=1S/C21H41N.C20H39N3.C17H35N/c1-20(2,3)15-17-7-9-18(10-8-17)16-22-13-11-19(12-14-22)21(4,5)6;1-19(2,3)22-9-7-16(8-10-22)11-21-12-17-14-23(20(4,5)6)15-18(17)13-21;1-16(2,3)11-7-8-12-18-13-9-15(10-14-18)17(4,5)6/h17-19H,7-16H2,1-6H3;16-18H,7-15H2,1-6H3;15H,7-14H2,1-6H3. The summed E-state index contributed by atoms with van der Waals surface area (Å²) in [6.45, 7) is 60.3. The van der Waals surface area contributed by atoms with Crippen molar-refractivity contribution in [3.63, 3.8) is 0 Å². The van der Waals surface area contributed by atoms with Crippen molar-refractivity contribution in [1.29, 1.82) is 0 Å². The third-order valence-corrected chi connectivity index (χ3v) is 17.2. The van der Waals surface area contributed by atoms with Crippen LogP contribution in [-0.4, -0.2) is 121 Å². The minimum absolute atomic E-state index is 0.353. The van der Waals surface area contributed by atoms with Gasteiger partial charge in [-0.25, -0.2) is 0 Å². The van der Waals surface area contributed by atoms with Crippen LogP contribution in [0.1, 0.15) is 215 Å². The van der Waals surface area contributed by atoms with E-state index < -0.39 is 0 Å². The van der Waals surface area contributed by atoms with E-state index in [2.05, 4.69) is 149 Å². The molecule has 5 saturated heterocycles. The lowest BCUT2D eigenvalue weighted by Crippen LogP contribution is -2.47. The summed E-state index contributed by atoms with van der Waals surface area (Å²) < 4.78 is 0. The second-order valence-electron chi connectivity index (χ2n) is 29.5. The van der Waals surface area contributed by atoms with E-state index in [1.165, 1.54) is 175 Å². The van der Waals surface area contributed by atoms with E-state index in [1.54, 1.807) is 0 Å². The van der Waals surface area contributed by atoms with Gasteiger partial charge in [0.05, 0.1) is 0 Å². The average Bonchev–Trinajstić information content (AvgIpc) is 3.73. The first kappa shape index (κ1) is 55.4. The van der Waals surface area contributed by atoms with Gasteiger partial charge in [-0.1, -0.05) is 102 Å². The van der Waals surface area contributed by atoms with Gasteiger partial charge in [0.15, 0.2) is 0 Å². The topological polar surface area (TPSA) is 16.2 Å². The Morgan fingerprint density at radius 1 is 0.365 bits per heavy atom. The molecule has 0 spiro atoms. The van der Waals surface area contributed by atoms with Crippen molar-refractivity contribution in [2.75, 3.05) is 85.1 Å². The maximum Gasteiger partial charge on any atom is 0.0125 e. The molecule has 0 radical (unpaired) electrons. The molecule has 1 aliphatic carbocycles. The number of rotatable bonds is 9. The predicted octanol–water partition coefficient (Wildman–Crippen LogP) is 14.1. The normalized spacial score (nSPS) is 28.1. The lowest BCUT2D eigenvalue weighted by molar-refractivity contribution is 0.0747. The molecule has 5 heteroatoms. The first-order valence-electron chi connectivity index (χ1n) is 27.6. The molecule has 6 aliphatic rings. The van der Waals surface area contributed by atoms with Gasteiger partial charge in [-0.15, -0.1) is 0 Å². The van der Waals surface area contributed by atoms with Crippen molar-refractivity contribution in [2.45, 2.75) is 226 Å². The third kappa shape index (κ3) is 20.1. The van der Waals surface area contributed by atoms with Gasteiger partial charge in [0, 0.05) is 50.3 Å². The quantitative estimate of drug-likeness (QED) is 0.214. The van der Waals surface area contributed by atoms with Crippen LogP contribution in [-0.2, 0) is 0 Å². The van der Waals surface area contributed by atoms with Crippen LogP contribution < -0.4 is 0 Å². The largest absolute Gasteiger partial charge is 0.303 e. The van der Waals surface area contributed by atoms with Gasteiger partial charge in [-0.3, -0.25) is 9.80 Å². The SMILES string of the molecule is CC(C)(C)CC1CCC(CN2CCC(C(C)(C)C)CC2)CC1.CC(C)(C)CCCCN1CCC(C(C)(C)C)CC1.CC(C)(C)N1CCC(CN2CC3CN(C(C)(C)C)CC3C2)CC1. The molecule has 0 aromatic carbocycles. The van der Waals surface area contributed by atoms with Crippen molar-refractivity contribution in [3.8, 4) is 0 Å². The predicted molar refractivity (Wildman–Crippen MR) is 279 cm³/mol. The molecule has 5 aliphatic heterocycles. The van der Waals surface area contributed by atoms with E-state index in [9.17, 15) is 0 Å². The molecule has 0 N–H and O–H groups in total. The second kappa shape index (κ2) is 23.4. The highest BCUT2D eigenvalue weighted by Gasteiger charge is 2.43. The van der Waals surface area contributed by atoms with Crippen LogP contribution in [0.3, 0.4) is 0 Å². The van der Waals surface area contributed by atoms with Gasteiger partial charge in [0.2, 0.25) is 0 Å². The van der Waals surface area contributed by atoms with E-state index >= 15 is 0 Å². The van der Waals surface area contributed by atoms with E-state index in [4.69, 9.17) is 0 Å². The smallest absolute Gasteiger partial charge is 0.0125 e. The van der Waals surface area contributed by atoms with Crippen molar-refractivity contribution >= 4 is 0 Å². The summed E-state index contributed by atoms with van der Waals surface area (Å²) in [5.41, 5.74) is 2.77. The van der Waals surface area contributed by atoms with E-state index in [-0.39, 0.29) is 0 Å². The van der Waals surface area contributed by atoms with Gasteiger partial charge < -0.3 is 14.7 Å². The van der Waals surface area contributed by atoms with Crippen LogP contribution in [0.2, 0.25) is 0 Å². The summed E-state index contributed by atoms with van der Waals surface area (Å²) >= 11 is 0. The molecule has 2 atom stereocenters. The van der Waals surface area contributed by atoms with Gasteiger partial charge in [-0.05, 0) is 221 Å². The van der Waals surface area contributed by atoms with Gasteiger partial charge in [-0.2, -0.15) is 0 Å². The first-order valence-corrected chi connectivity index (χ1v) is 27.6. The van der Waals surface area contributed by atoms with Crippen molar-refractivity contribution < 1.29 is 0 Å². The van der Waals surface area contributed by atoms with Crippen LogP contribution in [0.15, 0.2) is 0 Å². The monoisotopic (exact) mass is 882 g/mol. The maximum atomic E-state index is 2.80. The lowest BCUT2D eigenvalue weighted by Gasteiger charge is -2.41. The Hall–Kier alpha value is -0.200. The summed E-state index contributed by atoms with van der Waals surface area (Å²) in [7, 11) is 0. The lowest BCUT2D eigenvalue weighted by atomic mass is 9.73. The van der Waals surface area contributed by atoms with Crippen LogP contribution in [0, 0.1) is 63.1 Å². The molecule has 0 amide bonds. The molecule has 6 rings (SSSR count). The minimum atomic E-state index is 0.353. The third-order valence-electron chi connectivity index (χ3n) is 17.2. The summed E-state index contributed by atoms with van der Waals surface area (Å²) in [6.07, 6.45) is 20.0. The molecular weight excluding hydrogens is 767 g/mol. The molecule has 0 aromatic rings. The Morgan fingerprint density at radius 2 is 0.778 bits per heavy atom. The zero-order valence-electron chi connectivity index (χ0n) is 46.4. The molecule has 63 heavy (non-hydrogen) atoms. The van der Waals surface area contributed by atoms with Gasteiger partial charge in [0.25, 0.3) is 0 Å². The van der Waals surface area contributed by atoms with Gasteiger partial charge >= 0.3 is 0 Å². The number of fused-ring (bicyclic) bond motifs is 1. The number of hydrogen-bond acceptors (Lipinski definition) is 5. The molecule has 0 aromatic heterocycles. The van der Waals surface area contributed by atoms with Crippen LogP contribution >= 0.6 is 0 Å². The number of nitrogens with zero attached hydrogens (tertiary/aromatic N) is 5. The van der Waals surface area contributed by atoms with E-state index in [1.807, 2.05) is 0 Å². The minimum Gasteiger partial charge on any atom is -0.303 e. The Balaban J connectivity index is 0.000000209. The fourth-order valence-corrected chi connectivity index (χ4v) is 12.8. The van der Waals surface area contributed by atoms with Crippen LogP contribution in [0.4, 0.5) is 0 Å². The highest BCUT2D eigenvalue weighted by Crippen LogP contribution is 2.40.